The van der Waals surface area contributed by atoms with Gasteiger partial charge < -0.3 is 0 Å². The fraction of sp³-hybridized carbons (Fsp3) is 0. The van der Waals surface area contributed by atoms with Crippen molar-refractivity contribution >= 4 is 73.2 Å². The van der Waals surface area contributed by atoms with Crippen LogP contribution in [0.2, 0.25) is 15.1 Å². The maximum atomic E-state index is 12.8. The summed E-state index contributed by atoms with van der Waals surface area (Å²) in [7, 11) is -3.80. The molecular weight excluding hydrogens is 509 g/mol. The van der Waals surface area contributed by atoms with Gasteiger partial charge in [0.05, 0.1) is 26.3 Å². The van der Waals surface area contributed by atoms with Gasteiger partial charge in [0, 0.05) is 27.7 Å². The fourth-order valence-electron chi connectivity index (χ4n) is 2.81. The number of thiazole rings is 1. The number of nitrogens with one attached hydrogen (secondary N) is 1. The van der Waals surface area contributed by atoms with Crippen molar-refractivity contribution in [2.75, 3.05) is 4.72 Å². The van der Waals surface area contributed by atoms with Gasteiger partial charge in [0.25, 0.3) is 10.0 Å². The highest BCUT2D eigenvalue weighted by atomic mass is 35.5. The zero-order chi connectivity index (χ0) is 22.7. The number of rotatable bonds is 6. The number of sulfonamides is 1. The Morgan fingerprint density at radius 1 is 0.906 bits per heavy atom. The molecule has 4 aromatic rings. The van der Waals surface area contributed by atoms with Crippen LogP contribution >= 0.6 is 46.1 Å². The third-order valence-corrected chi connectivity index (χ3v) is 7.41. The fourth-order valence-corrected chi connectivity index (χ4v) is 5.18. The molecule has 0 aliphatic carbocycles. The molecule has 0 spiro atoms. The smallest absolute Gasteiger partial charge is 0.261 e. The number of nitrogens with zero attached hydrogens (tertiary/aromatic N) is 2. The van der Waals surface area contributed by atoms with E-state index in [1.165, 1.54) is 35.6 Å². The van der Waals surface area contributed by atoms with E-state index in [9.17, 15) is 8.42 Å². The summed E-state index contributed by atoms with van der Waals surface area (Å²) in [5.74, 6) is 0. The molecule has 5 nitrogen and oxygen atoms in total. The van der Waals surface area contributed by atoms with Crippen molar-refractivity contribution in [3.05, 3.63) is 92.7 Å². The Morgan fingerprint density at radius 2 is 1.59 bits per heavy atom. The van der Waals surface area contributed by atoms with Crippen LogP contribution in [0.4, 0.5) is 10.8 Å². The highest BCUT2D eigenvalue weighted by Gasteiger charge is 2.17. The molecule has 0 unspecified atom stereocenters. The van der Waals surface area contributed by atoms with Crippen molar-refractivity contribution < 1.29 is 8.42 Å². The number of benzene rings is 3. The summed E-state index contributed by atoms with van der Waals surface area (Å²) in [6.45, 7) is 0. The summed E-state index contributed by atoms with van der Waals surface area (Å²) in [5.41, 5.74) is 2.21. The number of aliphatic imine (C=N–C) groups is 1. The van der Waals surface area contributed by atoms with Gasteiger partial charge in [-0.05, 0) is 42.5 Å². The van der Waals surface area contributed by atoms with E-state index in [0.29, 0.717) is 42.7 Å². The molecule has 162 valence electrons. The van der Waals surface area contributed by atoms with Crippen LogP contribution in [0, 0.1) is 0 Å². The highest BCUT2D eigenvalue weighted by molar-refractivity contribution is 7.92. The van der Waals surface area contributed by atoms with Crippen molar-refractivity contribution in [3.63, 3.8) is 0 Å². The second-order valence-electron chi connectivity index (χ2n) is 6.51. The molecule has 10 heteroatoms. The predicted octanol–water partition coefficient (Wildman–Crippen LogP) is 7.32. The first-order chi connectivity index (χ1) is 15.3. The minimum absolute atomic E-state index is 0.108. The van der Waals surface area contributed by atoms with E-state index in [1.807, 2.05) is 0 Å². The molecule has 0 atom stereocenters. The molecule has 0 radical (unpaired) electrons. The molecule has 0 bridgehead atoms. The lowest BCUT2D eigenvalue weighted by atomic mass is 10.1. The Kier molecular flexibility index (Phi) is 6.83. The summed E-state index contributed by atoms with van der Waals surface area (Å²) >= 11 is 19.5. The van der Waals surface area contributed by atoms with E-state index in [2.05, 4.69) is 14.7 Å². The Balaban J connectivity index is 1.62. The van der Waals surface area contributed by atoms with Crippen LogP contribution in [0.15, 0.2) is 82.0 Å². The van der Waals surface area contributed by atoms with E-state index in [1.54, 1.807) is 54.1 Å². The molecule has 1 aromatic heterocycles. The zero-order valence-corrected chi connectivity index (χ0v) is 20.1. The number of aromatic nitrogens is 1. The van der Waals surface area contributed by atoms with Gasteiger partial charge in [-0.1, -0.05) is 59.1 Å². The average molecular weight is 523 g/mol. The van der Waals surface area contributed by atoms with E-state index in [-0.39, 0.29) is 4.90 Å². The van der Waals surface area contributed by atoms with Crippen molar-refractivity contribution in [2.45, 2.75) is 4.90 Å². The number of anilines is 1. The van der Waals surface area contributed by atoms with Crippen LogP contribution in [0.3, 0.4) is 0 Å². The second kappa shape index (κ2) is 9.60. The Bertz CT molecular complexity index is 1380. The molecule has 0 saturated heterocycles. The quantitative estimate of drug-likeness (QED) is 0.270. The molecule has 32 heavy (non-hydrogen) atoms. The highest BCUT2D eigenvalue weighted by Crippen LogP contribution is 2.33. The van der Waals surface area contributed by atoms with Gasteiger partial charge in [-0.2, -0.15) is 0 Å². The van der Waals surface area contributed by atoms with Gasteiger partial charge in [-0.25, -0.2) is 18.4 Å². The average Bonchev–Trinajstić information content (AvgIpc) is 3.23. The topological polar surface area (TPSA) is 71.4 Å². The molecule has 0 aliphatic rings. The Morgan fingerprint density at radius 3 is 2.31 bits per heavy atom. The van der Waals surface area contributed by atoms with Crippen molar-refractivity contribution in [1.29, 1.82) is 0 Å². The minimum atomic E-state index is -3.80. The van der Waals surface area contributed by atoms with Crippen LogP contribution < -0.4 is 4.72 Å². The number of hydrogen-bond acceptors (Lipinski definition) is 5. The molecule has 0 amide bonds. The normalized spacial score (nSPS) is 11.7. The Hall–Kier alpha value is -2.42. The van der Waals surface area contributed by atoms with E-state index < -0.39 is 10.0 Å². The molecule has 4 rings (SSSR count). The third-order valence-electron chi connectivity index (χ3n) is 4.37. The zero-order valence-electron chi connectivity index (χ0n) is 16.2. The third kappa shape index (κ3) is 5.14. The monoisotopic (exact) mass is 521 g/mol. The maximum Gasteiger partial charge on any atom is 0.261 e. The predicted molar refractivity (Wildman–Crippen MR) is 134 cm³/mol. The SMILES string of the molecule is O=S(=O)(Nc1ccccc1-c1csc(/N=C/c2c(Cl)cccc2Cl)n1)c1ccc(Cl)cc1. The number of para-hydroxylation sites is 1. The molecular formula is C22H14Cl3N3O2S2. The summed E-state index contributed by atoms with van der Waals surface area (Å²) in [5, 5.41) is 3.71. The van der Waals surface area contributed by atoms with Gasteiger partial charge in [0.1, 0.15) is 0 Å². The second-order valence-corrected chi connectivity index (χ2v) is 10.3. The molecule has 1 heterocycles. The lowest BCUT2D eigenvalue weighted by Gasteiger charge is -2.11. The van der Waals surface area contributed by atoms with Crippen molar-refractivity contribution in [3.8, 4) is 11.3 Å². The molecule has 0 saturated carbocycles. The first-order valence-electron chi connectivity index (χ1n) is 9.15. The lowest BCUT2D eigenvalue weighted by Crippen LogP contribution is -2.13. The summed E-state index contributed by atoms with van der Waals surface area (Å²) < 4.78 is 28.2. The van der Waals surface area contributed by atoms with Gasteiger partial charge >= 0.3 is 0 Å². The standard InChI is InChI=1S/C22H14Cl3N3O2S2/c23-14-8-10-15(11-9-14)32(29,30)28-20-7-2-1-4-16(20)21-13-31-22(27-21)26-12-17-18(24)5-3-6-19(17)25/h1-13,28H/b26-12+. The first kappa shape index (κ1) is 22.8. The van der Waals surface area contributed by atoms with Crippen LogP contribution in [-0.4, -0.2) is 19.6 Å². The van der Waals surface area contributed by atoms with Gasteiger partial charge in [0.2, 0.25) is 5.13 Å². The van der Waals surface area contributed by atoms with Gasteiger partial charge in [0.15, 0.2) is 0 Å². The summed E-state index contributed by atoms with van der Waals surface area (Å²) in [6.07, 6.45) is 1.56. The van der Waals surface area contributed by atoms with Gasteiger partial charge in [-0.15, -0.1) is 11.3 Å². The van der Waals surface area contributed by atoms with E-state index >= 15 is 0 Å². The maximum absolute atomic E-state index is 12.8. The van der Waals surface area contributed by atoms with Crippen LogP contribution in [0.25, 0.3) is 11.3 Å². The van der Waals surface area contributed by atoms with E-state index in [4.69, 9.17) is 34.8 Å². The van der Waals surface area contributed by atoms with Crippen molar-refractivity contribution in [1.82, 2.24) is 4.98 Å². The molecule has 1 N–H and O–H groups in total. The number of hydrogen-bond donors (Lipinski definition) is 1. The minimum Gasteiger partial charge on any atom is -0.279 e. The van der Waals surface area contributed by atoms with Crippen LogP contribution in [0.5, 0.6) is 0 Å². The lowest BCUT2D eigenvalue weighted by molar-refractivity contribution is 0.601. The summed E-state index contributed by atoms with van der Waals surface area (Å²) in [6, 6.07) is 18.2. The van der Waals surface area contributed by atoms with E-state index in [0.717, 1.165) is 0 Å². The van der Waals surface area contributed by atoms with Crippen LogP contribution in [0.1, 0.15) is 5.56 Å². The molecule has 0 aliphatic heterocycles. The number of halogens is 3. The van der Waals surface area contributed by atoms with Crippen LogP contribution in [-0.2, 0) is 10.0 Å². The summed E-state index contributed by atoms with van der Waals surface area (Å²) in [4.78, 5) is 8.99. The Labute approximate surface area is 204 Å². The van der Waals surface area contributed by atoms with Crippen molar-refractivity contribution in [2.24, 2.45) is 4.99 Å². The largest absolute Gasteiger partial charge is 0.279 e. The first-order valence-corrected chi connectivity index (χ1v) is 12.6. The molecule has 3 aromatic carbocycles. The van der Waals surface area contributed by atoms with Gasteiger partial charge in [-0.3, -0.25) is 4.72 Å². The molecule has 0 fully saturated rings.